The number of hydrogen-bond donors (Lipinski definition) is 0. The highest BCUT2D eigenvalue weighted by Gasteiger charge is 2.22. The third kappa shape index (κ3) is 4.98. The summed E-state index contributed by atoms with van der Waals surface area (Å²) in [6.07, 6.45) is 2.94. The number of amides is 1. The molecule has 32 heavy (non-hydrogen) atoms. The number of rotatable bonds is 6. The molecule has 4 aromatic rings. The Balaban J connectivity index is 1.68. The number of carbonyl (C=O) groups is 1. The summed E-state index contributed by atoms with van der Waals surface area (Å²) in [7, 11) is -3.29. The summed E-state index contributed by atoms with van der Waals surface area (Å²) < 4.78 is 24.3. The van der Waals surface area contributed by atoms with Gasteiger partial charge in [-0.1, -0.05) is 41.1 Å². The van der Waals surface area contributed by atoms with Crippen molar-refractivity contribution in [2.75, 3.05) is 11.2 Å². The van der Waals surface area contributed by atoms with Gasteiger partial charge in [0.25, 0.3) is 0 Å². The summed E-state index contributed by atoms with van der Waals surface area (Å²) in [6, 6.07) is 15.6. The fraction of sp³-hybridized carbons (Fsp3) is 0.174. The molecule has 2 aromatic carbocycles. The van der Waals surface area contributed by atoms with Crippen LogP contribution in [0.15, 0.2) is 65.7 Å². The van der Waals surface area contributed by atoms with E-state index in [1.165, 1.54) is 23.5 Å². The Morgan fingerprint density at radius 3 is 2.53 bits per heavy atom. The van der Waals surface area contributed by atoms with Crippen molar-refractivity contribution in [1.29, 1.82) is 0 Å². The van der Waals surface area contributed by atoms with Crippen molar-refractivity contribution in [3.05, 3.63) is 82.6 Å². The van der Waals surface area contributed by atoms with E-state index in [9.17, 15) is 13.2 Å². The highest BCUT2D eigenvalue weighted by atomic mass is 35.5. The Morgan fingerprint density at radius 2 is 1.88 bits per heavy atom. The van der Waals surface area contributed by atoms with E-state index in [0.29, 0.717) is 15.7 Å². The average molecular weight is 486 g/mol. The van der Waals surface area contributed by atoms with E-state index in [4.69, 9.17) is 16.6 Å². The van der Waals surface area contributed by atoms with Gasteiger partial charge in [0.15, 0.2) is 15.0 Å². The minimum Gasteiger partial charge on any atom is -0.282 e. The van der Waals surface area contributed by atoms with E-state index in [2.05, 4.69) is 4.98 Å². The summed E-state index contributed by atoms with van der Waals surface area (Å²) in [5.41, 5.74) is 3.21. The summed E-state index contributed by atoms with van der Waals surface area (Å²) in [5, 5.41) is 1.19. The smallest absolute Gasteiger partial charge is 0.233 e. The molecule has 0 aliphatic carbocycles. The van der Waals surface area contributed by atoms with E-state index in [0.717, 1.165) is 27.7 Å². The monoisotopic (exact) mass is 485 g/mol. The molecule has 6 nitrogen and oxygen atoms in total. The van der Waals surface area contributed by atoms with E-state index < -0.39 is 9.84 Å². The number of thiazole rings is 1. The van der Waals surface area contributed by atoms with Gasteiger partial charge in [-0.3, -0.25) is 14.7 Å². The Labute approximate surface area is 195 Å². The summed E-state index contributed by atoms with van der Waals surface area (Å²) in [4.78, 5) is 24.3. The van der Waals surface area contributed by atoms with Crippen LogP contribution in [-0.2, 0) is 27.6 Å². The van der Waals surface area contributed by atoms with Crippen molar-refractivity contribution < 1.29 is 13.2 Å². The van der Waals surface area contributed by atoms with E-state index in [1.807, 2.05) is 37.3 Å². The summed E-state index contributed by atoms with van der Waals surface area (Å²) in [6.45, 7) is 2.21. The Bertz CT molecular complexity index is 1390. The second kappa shape index (κ2) is 8.97. The molecule has 0 spiro atoms. The first-order chi connectivity index (χ1) is 15.2. The zero-order chi connectivity index (χ0) is 22.9. The van der Waals surface area contributed by atoms with Crippen LogP contribution in [0.3, 0.4) is 0 Å². The van der Waals surface area contributed by atoms with Gasteiger partial charge in [-0.05, 0) is 54.4 Å². The molecular formula is C23H20ClN3O3S2. The maximum absolute atomic E-state index is 13.3. The van der Waals surface area contributed by atoms with Gasteiger partial charge in [0.05, 0.1) is 33.8 Å². The molecule has 2 heterocycles. The normalized spacial score (nSPS) is 11.6. The van der Waals surface area contributed by atoms with Crippen molar-refractivity contribution in [3.8, 4) is 0 Å². The Hall–Kier alpha value is -2.81. The fourth-order valence-corrected chi connectivity index (χ4v) is 5.37. The molecule has 0 aliphatic rings. The number of benzene rings is 2. The molecule has 0 atom stereocenters. The second-order valence-electron chi connectivity index (χ2n) is 7.46. The van der Waals surface area contributed by atoms with Gasteiger partial charge in [0, 0.05) is 17.5 Å². The van der Waals surface area contributed by atoms with Crippen molar-refractivity contribution in [2.24, 2.45) is 0 Å². The first-order valence-electron chi connectivity index (χ1n) is 9.76. The van der Waals surface area contributed by atoms with Gasteiger partial charge in [0.1, 0.15) is 0 Å². The highest BCUT2D eigenvalue weighted by Crippen LogP contribution is 2.34. The maximum atomic E-state index is 13.3. The second-order valence-corrected chi connectivity index (χ2v) is 10.9. The average Bonchev–Trinajstić information content (AvgIpc) is 3.16. The maximum Gasteiger partial charge on any atom is 0.233 e. The van der Waals surface area contributed by atoms with E-state index in [-0.39, 0.29) is 23.8 Å². The van der Waals surface area contributed by atoms with Crippen LogP contribution in [0, 0.1) is 6.92 Å². The molecule has 9 heteroatoms. The van der Waals surface area contributed by atoms with Gasteiger partial charge < -0.3 is 0 Å². The molecule has 164 valence electrons. The topological polar surface area (TPSA) is 80.2 Å². The Morgan fingerprint density at radius 1 is 1.12 bits per heavy atom. The number of nitrogens with zero attached hydrogens (tertiary/aromatic N) is 3. The molecule has 0 fully saturated rings. The number of fused-ring (bicyclic) bond motifs is 1. The van der Waals surface area contributed by atoms with Crippen LogP contribution in [0.2, 0.25) is 5.02 Å². The zero-order valence-electron chi connectivity index (χ0n) is 17.4. The lowest BCUT2D eigenvalue weighted by molar-refractivity contribution is -0.118. The molecule has 0 saturated heterocycles. The molecule has 0 saturated carbocycles. The molecule has 0 unspecified atom stereocenters. The minimum atomic E-state index is -3.29. The fourth-order valence-electron chi connectivity index (χ4n) is 3.30. The lowest BCUT2D eigenvalue weighted by Crippen LogP contribution is -2.32. The zero-order valence-corrected chi connectivity index (χ0v) is 19.8. The van der Waals surface area contributed by atoms with Crippen LogP contribution in [0.25, 0.3) is 10.2 Å². The highest BCUT2D eigenvalue weighted by molar-refractivity contribution is 7.90. The van der Waals surface area contributed by atoms with Gasteiger partial charge >= 0.3 is 0 Å². The van der Waals surface area contributed by atoms with Crippen LogP contribution in [0.1, 0.15) is 16.8 Å². The third-order valence-electron chi connectivity index (χ3n) is 4.92. The molecule has 0 N–H and O–H groups in total. The number of halogens is 1. The minimum absolute atomic E-state index is 0.104. The number of pyridine rings is 1. The number of hydrogen-bond acceptors (Lipinski definition) is 6. The molecular weight excluding hydrogens is 466 g/mol. The van der Waals surface area contributed by atoms with Gasteiger partial charge in [-0.15, -0.1) is 0 Å². The number of anilines is 1. The van der Waals surface area contributed by atoms with E-state index in [1.54, 1.807) is 23.2 Å². The summed E-state index contributed by atoms with van der Waals surface area (Å²) >= 11 is 7.60. The predicted octanol–water partition coefficient (Wildman–Crippen LogP) is 4.83. The van der Waals surface area contributed by atoms with Crippen LogP contribution in [0.4, 0.5) is 5.13 Å². The van der Waals surface area contributed by atoms with Gasteiger partial charge in [0.2, 0.25) is 5.91 Å². The van der Waals surface area contributed by atoms with Crippen molar-refractivity contribution in [2.45, 2.75) is 24.8 Å². The standard InChI is InChI=1S/C23H20ClN3O3S2/c1-15-11-17(24)13-20-22(15)26-23(31-20)27(14-18-5-3-4-10-25-18)21(28)12-16-6-8-19(9-7-16)32(2,29)30/h3-11,13H,12,14H2,1-2H3. The van der Waals surface area contributed by atoms with Crippen LogP contribution in [-0.4, -0.2) is 30.5 Å². The SMILES string of the molecule is Cc1cc(Cl)cc2sc(N(Cc3ccccn3)C(=O)Cc3ccc(S(C)(=O)=O)cc3)nc12. The predicted molar refractivity (Wildman–Crippen MR) is 128 cm³/mol. The summed E-state index contributed by atoms with van der Waals surface area (Å²) in [5.74, 6) is -0.162. The largest absolute Gasteiger partial charge is 0.282 e. The van der Waals surface area contributed by atoms with Crippen LogP contribution in [0.5, 0.6) is 0 Å². The molecule has 2 aromatic heterocycles. The van der Waals surface area contributed by atoms with Gasteiger partial charge in [-0.2, -0.15) is 0 Å². The number of carbonyl (C=O) groups excluding carboxylic acids is 1. The van der Waals surface area contributed by atoms with Crippen molar-refractivity contribution in [1.82, 2.24) is 9.97 Å². The molecule has 0 bridgehead atoms. The Kier molecular flexibility index (Phi) is 6.28. The first-order valence-corrected chi connectivity index (χ1v) is 12.9. The molecule has 4 rings (SSSR count). The number of aromatic nitrogens is 2. The van der Waals surface area contributed by atoms with Crippen LogP contribution >= 0.6 is 22.9 Å². The lowest BCUT2D eigenvalue weighted by Gasteiger charge is -2.19. The lowest BCUT2D eigenvalue weighted by atomic mass is 10.1. The van der Waals surface area contributed by atoms with Gasteiger partial charge in [-0.25, -0.2) is 13.4 Å². The number of aryl methyl sites for hydroxylation is 1. The molecule has 1 amide bonds. The first kappa shape index (κ1) is 22.4. The molecule has 0 aliphatic heterocycles. The third-order valence-corrected chi connectivity index (χ3v) is 7.30. The molecule has 0 radical (unpaired) electrons. The van der Waals surface area contributed by atoms with Crippen molar-refractivity contribution in [3.63, 3.8) is 0 Å². The quantitative estimate of drug-likeness (QED) is 0.390. The van der Waals surface area contributed by atoms with E-state index >= 15 is 0 Å². The number of sulfone groups is 1. The van der Waals surface area contributed by atoms with Crippen LogP contribution < -0.4 is 4.90 Å². The van der Waals surface area contributed by atoms with Crippen molar-refractivity contribution >= 4 is 54.0 Å².